The van der Waals surface area contributed by atoms with Crippen molar-refractivity contribution in [2.45, 2.75) is 20.8 Å². The Labute approximate surface area is 190 Å². The van der Waals surface area contributed by atoms with Crippen LogP contribution in [-0.4, -0.2) is 43.9 Å². The molecule has 1 N–H and O–H groups in total. The summed E-state index contributed by atoms with van der Waals surface area (Å²) in [6.45, 7) is 7.34. The topological polar surface area (TPSA) is 52.7 Å². The van der Waals surface area contributed by atoms with Crippen molar-refractivity contribution >= 4 is 23.2 Å². The first-order chi connectivity index (χ1) is 15.3. The van der Waals surface area contributed by atoms with E-state index in [1.165, 1.54) is 0 Å². The van der Waals surface area contributed by atoms with Crippen LogP contribution in [0.25, 0.3) is 11.1 Å². The normalized spacial score (nSPS) is 10.5. The Morgan fingerprint density at radius 1 is 0.844 bits per heavy atom. The van der Waals surface area contributed by atoms with Gasteiger partial charge in [0.1, 0.15) is 0 Å². The molecule has 0 heterocycles. The van der Waals surface area contributed by atoms with Crippen molar-refractivity contribution in [2.75, 3.05) is 37.4 Å². The number of benzene rings is 3. The van der Waals surface area contributed by atoms with Gasteiger partial charge in [0.05, 0.1) is 0 Å². The van der Waals surface area contributed by atoms with Crippen LogP contribution >= 0.6 is 0 Å². The first-order valence-electron chi connectivity index (χ1n) is 10.9. The Balaban J connectivity index is 1.88. The summed E-state index contributed by atoms with van der Waals surface area (Å²) in [4.78, 5) is 29.4. The fraction of sp³-hybridized carbons (Fsp3) is 0.259. The zero-order chi connectivity index (χ0) is 23.3. The van der Waals surface area contributed by atoms with E-state index in [0.717, 1.165) is 22.4 Å². The van der Waals surface area contributed by atoms with E-state index in [1.54, 1.807) is 6.07 Å². The summed E-state index contributed by atoms with van der Waals surface area (Å²) < 4.78 is 0. The van der Waals surface area contributed by atoms with Gasteiger partial charge >= 0.3 is 0 Å². The number of amides is 2. The summed E-state index contributed by atoms with van der Waals surface area (Å²) in [6, 6.07) is 21.0. The molecule has 2 amide bonds. The van der Waals surface area contributed by atoms with E-state index in [0.29, 0.717) is 29.9 Å². The van der Waals surface area contributed by atoms with Crippen LogP contribution in [0.5, 0.6) is 0 Å². The lowest BCUT2D eigenvalue weighted by molar-refractivity contribution is 0.0773. The van der Waals surface area contributed by atoms with Crippen LogP contribution in [-0.2, 0) is 0 Å². The van der Waals surface area contributed by atoms with Gasteiger partial charge in [0.2, 0.25) is 0 Å². The van der Waals surface area contributed by atoms with Gasteiger partial charge in [-0.3, -0.25) is 9.59 Å². The van der Waals surface area contributed by atoms with Crippen LogP contribution in [0.2, 0.25) is 0 Å². The number of aryl methyl sites for hydroxylation is 1. The standard InChI is InChI=1S/C27H31N3O2/c1-6-30(7-2)27(32)22-12-8-10-20(16-22)25-18-23(15-14-19(25)3)28-26(31)21-11-9-13-24(17-21)29(4)5/h8-18H,6-7H2,1-5H3,(H,28,31). The molecular weight excluding hydrogens is 398 g/mol. The number of carbonyl (C=O) groups is 2. The summed E-state index contributed by atoms with van der Waals surface area (Å²) >= 11 is 0. The number of nitrogens with zero attached hydrogens (tertiary/aromatic N) is 2. The van der Waals surface area contributed by atoms with Crippen molar-refractivity contribution in [1.82, 2.24) is 4.90 Å². The number of hydrogen-bond donors (Lipinski definition) is 1. The van der Waals surface area contributed by atoms with Crippen molar-refractivity contribution in [3.63, 3.8) is 0 Å². The Bertz CT molecular complexity index is 1120. The van der Waals surface area contributed by atoms with Crippen LogP contribution in [0, 0.1) is 6.92 Å². The van der Waals surface area contributed by atoms with Crippen LogP contribution < -0.4 is 10.2 Å². The highest BCUT2D eigenvalue weighted by atomic mass is 16.2. The molecule has 3 aromatic rings. The van der Waals surface area contributed by atoms with Crippen molar-refractivity contribution in [3.8, 4) is 11.1 Å². The zero-order valence-electron chi connectivity index (χ0n) is 19.5. The maximum absolute atomic E-state index is 12.8. The second kappa shape index (κ2) is 10.1. The molecule has 0 aliphatic rings. The third-order valence-corrected chi connectivity index (χ3v) is 5.59. The predicted molar refractivity (Wildman–Crippen MR) is 133 cm³/mol. The molecule has 3 rings (SSSR count). The van der Waals surface area contributed by atoms with E-state index in [2.05, 4.69) is 5.32 Å². The Morgan fingerprint density at radius 3 is 2.22 bits per heavy atom. The monoisotopic (exact) mass is 429 g/mol. The summed E-state index contributed by atoms with van der Waals surface area (Å²) in [7, 11) is 3.89. The van der Waals surface area contributed by atoms with Gasteiger partial charge in [-0.15, -0.1) is 0 Å². The molecule has 0 atom stereocenters. The number of carbonyl (C=O) groups excluding carboxylic acids is 2. The molecule has 0 saturated heterocycles. The van der Waals surface area contributed by atoms with Gasteiger partial charge in [-0.25, -0.2) is 0 Å². The minimum Gasteiger partial charge on any atom is -0.378 e. The average Bonchev–Trinajstić information content (AvgIpc) is 2.81. The molecule has 0 fully saturated rings. The lowest BCUT2D eigenvalue weighted by atomic mass is 9.97. The average molecular weight is 430 g/mol. The van der Waals surface area contributed by atoms with Crippen LogP contribution in [0.15, 0.2) is 66.7 Å². The molecule has 32 heavy (non-hydrogen) atoms. The molecule has 5 heteroatoms. The molecule has 0 bridgehead atoms. The SMILES string of the molecule is CCN(CC)C(=O)c1cccc(-c2cc(NC(=O)c3cccc(N(C)C)c3)ccc2C)c1. The van der Waals surface area contributed by atoms with E-state index >= 15 is 0 Å². The summed E-state index contributed by atoms with van der Waals surface area (Å²) in [5.41, 5.74) is 5.96. The fourth-order valence-electron chi connectivity index (χ4n) is 3.65. The molecule has 0 unspecified atom stereocenters. The Kier molecular flexibility index (Phi) is 7.31. The highest BCUT2D eigenvalue weighted by Gasteiger charge is 2.14. The number of hydrogen-bond acceptors (Lipinski definition) is 3. The first-order valence-corrected chi connectivity index (χ1v) is 10.9. The van der Waals surface area contributed by atoms with Crippen LogP contribution in [0.4, 0.5) is 11.4 Å². The molecule has 0 aliphatic carbocycles. The van der Waals surface area contributed by atoms with Crippen molar-refractivity contribution < 1.29 is 9.59 Å². The lowest BCUT2D eigenvalue weighted by Gasteiger charge is -2.19. The van der Waals surface area contributed by atoms with E-state index in [1.807, 2.05) is 105 Å². The summed E-state index contributed by atoms with van der Waals surface area (Å²) in [5, 5.41) is 3.00. The zero-order valence-corrected chi connectivity index (χ0v) is 19.5. The third-order valence-electron chi connectivity index (χ3n) is 5.59. The van der Waals surface area contributed by atoms with E-state index in [-0.39, 0.29) is 11.8 Å². The summed E-state index contributed by atoms with van der Waals surface area (Å²) in [6.07, 6.45) is 0. The number of nitrogens with one attached hydrogen (secondary N) is 1. The molecule has 0 aromatic heterocycles. The van der Waals surface area contributed by atoms with Crippen molar-refractivity contribution in [3.05, 3.63) is 83.4 Å². The maximum atomic E-state index is 12.8. The van der Waals surface area contributed by atoms with Crippen molar-refractivity contribution in [1.29, 1.82) is 0 Å². The second-order valence-corrected chi connectivity index (χ2v) is 7.99. The van der Waals surface area contributed by atoms with Crippen LogP contribution in [0.1, 0.15) is 40.1 Å². The van der Waals surface area contributed by atoms with Gasteiger partial charge in [-0.1, -0.05) is 24.3 Å². The number of rotatable bonds is 7. The molecule has 0 aliphatic heterocycles. The van der Waals surface area contributed by atoms with Gasteiger partial charge < -0.3 is 15.1 Å². The predicted octanol–water partition coefficient (Wildman–Crippen LogP) is 5.46. The molecule has 0 radical (unpaired) electrons. The lowest BCUT2D eigenvalue weighted by Crippen LogP contribution is -2.30. The van der Waals surface area contributed by atoms with Gasteiger partial charge in [0.15, 0.2) is 0 Å². The van der Waals surface area contributed by atoms with Crippen LogP contribution in [0.3, 0.4) is 0 Å². The molecule has 166 valence electrons. The molecule has 5 nitrogen and oxygen atoms in total. The van der Waals surface area contributed by atoms with E-state index in [4.69, 9.17) is 0 Å². The molecule has 0 saturated carbocycles. The second-order valence-electron chi connectivity index (χ2n) is 7.99. The minimum absolute atomic E-state index is 0.0275. The smallest absolute Gasteiger partial charge is 0.255 e. The first kappa shape index (κ1) is 23.1. The quantitative estimate of drug-likeness (QED) is 0.542. The van der Waals surface area contributed by atoms with E-state index < -0.39 is 0 Å². The van der Waals surface area contributed by atoms with Gasteiger partial charge in [-0.2, -0.15) is 0 Å². The Morgan fingerprint density at radius 2 is 1.53 bits per heavy atom. The fourth-order valence-corrected chi connectivity index (χ4v) is 3.65. The Hall–Kier alpha value is -3.60. The van der Waals surface area contributed by atoms with Gasteiger partial charge in [0, 0.05) is 49.7 Å². The molecule has 3 aromatic carbocycles. The highest BCUT2D eigenvalue weighted by Crippen LogP contribution is 2.28. The molecule has 0 spiro atoms. The third kappa shape index (κ3) is 5.17. The molecular formula is C27H31N3O2. The van der Waals surface area contributed by atoms with Crippen molar-refractivity contribution in [2.24, 2.45) is 0 Å². The summed E-state index contributed by atoms with van der Waals surface area (Å²) in [5.74, 6) is -0.131. The maximum Gasteiger partial charge on any atom is 0.255 e. The largest absolute Gasteiger partial charge is 0.378 e. The minimum atomic E-state index is -0.158. The highest BCUT2D eigenvalue weighted by molar-refractivity contribution is 6.05. The number of anilines is 2. The van der Waals surface area contributed by atoms with Gasteiger partial charge in [0.25, 0.3) is 11.8 Å². The van der Waals surface area contributed by atoms with Gasteiger partial charge in [-0.05, 0) is 79.9 Å². The van der Waals surface area contributed by atoms with E-state index in [9.17, 15) is 9.59 Å².